The molecule has 24 heavy (non-hydrogen) atoms. The molecule has 2 rings (SSSR count). The summed E-state index contributed by atoms with van der Waals surface area (Å²) in [5.74, 6) is 0.360. The highest BCUT2D eigenvalue weighted by molar-refractivity contribution is 7.80. The summed E-state index contributed by atoms with van der Waals surface area (Å²) >= 11 is 5.37. The molecule has 0 fully saturated rings. The Hall–Kier alpha value is -2.47. The lowest BCUT2D eigenvalue weighted by Gasteiger charge is -2.17. The summed E-state index contributed by atoms with van der Waals surface area (Å²) < 4.78 is 0. The van der Waals surface area contributed by atoms with Crippen LogP contribution in [0.15, 0.2) is 36.4 Å². The Bertz CT molecular complexity index is 788. The normalized spacial score (nSPS) is 10.5. The number of hydrogen-bond acceptors (Lipinski definition) is 3. The second-order valence-electron chi connectivity index (χ2n) is 6.03. The van der Waals surface area contributed by atoms with Crippen LogP contribution in [-0.4, -0.2) is 10.0 Å². The highest BCUT2D eigenvalue weighted by Crippen LogP contribution is 2.27. The molecule has 0 saturated carbocycles. The molecule has 0 aromatic heterocycles. The van der Waals surface area contributed by atoms with Gasteiger partial charge in [-0.25, -0.2) is 0 Å². The average Bonchev–Trinajstić information content (AvgIpc) is 2.49. The Morgan fingerprint density at radius 3 is 2.33 bits per heavy atom. The molecule has 0 aliphatic heterocycles. The minimum absolute atomic E-state index is 0.0773. The number of para-hydroxylation sites is 1. The zero-order chi connectivity index (χ0) is 17.9. The monoisotopic (exact) mass is 343 g/mol. The summed E-state index contributed by atoms with van der Waals surface area (Å²) in [6.07, 6.45) is 0. The molecule has 0 amide bonds. The van der Waals surface area contributed by atoms with Crippen LogP contribution in [0.3, 0.4) is 0 Å². The van der Waals surface area contributed by atoms with Gasteiger partial charge in [0.25, 0.3) is 5.69 Å². The second-order valence-corrected chi connectivity index (χ2v) is 6.44. The molecule has 2 aromatic carbocycles. The van der Waals surface area contributed by atoms with Crippen molar-refractivity contribution in [1.29, 1.82) is 0 Å². The summed E-state index contributed by atoms with van der Waals surface area (Å²) in [4.78, 5) is 10.7. The van der Waals surface area contributed by atoms with Crippen LogP contribution in [0.25, 0.3) is 0 Å². The van der Waals surface area contributed by atoms with E-state index in [0.717, 1.165) is 16.8 Å². The molecule has 0 aliphatic carbocycles. The zero-order valence-corrected chi connectivity index (χ0v) is 15.0. The average molecular weight is 343 g/mol. The van der Waals surface area contributed by atoms with Gasteiger partial charge >= 0.3 is 0 Å². The number of nitro benzene ring substituents is 1. The lowest BCUT2D eigenvalue weighted by Crippen LogP contribution is -2.20. The summed E-state index contributed by atoms with van der Waals surface area (Å²) in [5.41, 5.74) is 4.34. The van der Waals surface area contributed by atoms with Gasteiger partial charge in [0.2, 0.25) is 0 Å². The van der Waals surface area contributed by atoms with Crippen LogP contribution < -0.4 is 10.6 Å². The van der Waals surface area contributed by atoms with E-state index in [1.165, 1.54) is 6.07 Å². The Labute approximate surface area is 147 Å². The number of hydrogen-bond donors (Lipinski definition) is 2. The van der Waals surface area contributed by atoms with Crippen molar-refractivity contribution >= 4 is 34.4 Å². The molecular weight excluding hydrogens is 322 g/mol. The summed E-state index contributed by atoms with van der Waals surface area (Å²) in [7, 11) is 0. The molecule has 6 heteroatoms. The molecule has 2 aromatic rings. The van der Waals surface area contributed by atoms with E-state index < -0.39 is 0 Å². The predicted octanol–water partition coefficient (Wildman–Crippen LogP) is 5.14. The van der Waals surface area contributed by atoms with Crippen LogP contribution in [0, 0.1) is 24.0 Å². The molecule has 0 bridgehead atoms. The molecule has 0 heterocycles. The van der Waals surface area contributed by atoms with Crippen LogP contribution in [-0.2, 0) is 0 Å². The van der Waals surface area contributed by atoms with Crippen molar-refractivity contribution in [3.05, 3.63) is 63.2 Å². The van der Waals surface area contributed by atoms with Gasteiger partial charge in [-0.2, -0.15) is 0 Å². The minimum Gasteiger partial charge on any atom is -0.332 e. The molecule has 2 N–H and O–H groups in total. The molecule has 0 saturated heterocycles. The fraction of sp³-hybridized carbons (Fsp3) is 0.278. The molecule has 0 spiro atoms. The van der Waals surface area contributed by atoms with E-state index in [0.29, 0.717) is 22.3 Å². The number of benzene rings is 2. The third-order valence-corrected chi connectivity index (χ3v) is 4.02. The molecule has 0 aliphatic rings. The van der Waals surface area contributed by atoms with Gasteiger partial charge in [-0.05, 0) is 55.2 Å². The van der Waals surface area contributed by atoms with Crippen LogP contribution in [0.1, 0.15) is 36.5 Å². The number of aryl methyl sites for hydroxylation is 2. The second kappa shape index (κ2) is 7.40. The molecule has 5 nitrogen and oxygen atoms in total. The van der Waals surface area contributed by atoms with E-state index >= 15 is 0 Å². The van der Waals surface area contributed by atoms with E-state index in [9.17, 15) is 10.1 Å². The number of nitrogens with one attached hydrogen (secondary N) is 2. The largest absolute Gasteiger partial charge is 0.332 e. The Morgan fingerprint density at radius 1 is 1.08 bits per heavy atom. The predicted molar refractivity (Wildman–Crippen MR) is 103 cm³/mol. The van der Waals surface area contributed by atoms with E-state index in [4.69, 9.17) is 12.2 Å². The standard InChI is InChI=1S/C18H21N3O2S/c1-11(2)14-7-5-6-8-15(14)19-18(24)20-16-10-17(21(22)23)13(4)9-12(16)3/h5-11H,1-4H3,(H2,19,20,24). The van der Waals surface area contributed by atoms with Gasteiger partial charge in [-0.3, -0.25) is 10.1 Å². The Kier molecular flexibility index (Phi) is 5.51. The first-order valence-corrected chi connectivity index (χ1v) is 8.13. The van der Waals surface area contributed by atoms with Crippen molar-refractivity contribution in [1.82, 2.24) is 0 Å². The Morgan fingerprint density at radius 2 is 1.71 bits per heavy atom. The number of rotatable bonds is 4. The van der Waals surface area contributed by atoms with Gasteiger partial charge in [0, 0.05) is 17.3 Å². The quantitative estimate of drug-likeness (QED) is 0.457. The van der Waals surface area contributed by atoms with Crippen LogP contribution in [0.2, 0.25) is 0 Å². The lowest BCUT2D eigenvalue weighted by atomic mass is 10.0. The summed E-state index contributed by atoms with van der Waals surface area (Å²) in [6.45, 7) is 7.85. The first-order valence-electron chi connectivity index (χ1n) is 7.72. The molecule has 0 atom stereocenters. The van der Waals surface area contributed by atoms with Crippen LogP contribution >= 0.6 is 12.2 Å². The van der Waals surface area contributed by atoms with Crippen molar-refractivity contribution < 1.29 is 4.92 Å². The molecule has 0 radical (unpaired) electrons. The van der Waals surface area contributed by atoms with Crippen molar-refractivity contribution in [2.75, 3.05) is 10.6 Å². The highest BCUT2D eigenvalue weighted by Gasteiger charge is 2.15. The first kappa shape index (κ1) is 17.9. The van der Waals surface area contributed by atoms with Crippen molar-refractivity contribution in [2.24, 2.45) is 0 Å². The third-order valence-electron chi connectivity index (χ3n) is 3.82. The van der Waals surface area contributed by atoms with Gasteiger partial charge in [-0.1, -0.05) is 32.0 Å². The first-order chi connectivity index (χ1) is 11.3. The van der Waals surface area contributed by atoms with E-state index in [-0.39, 0.29) is 10.6 Å². The lowest BCUT2D eigenvalue weighted by molar-refractivity contribution is -0.385. The summed E-state index contributed by atoms with van der Waals surface area (Å²) in [6, 6.07) is 11.3. The third kappa shape index (κ3) is 4.08. The van der Waals surface area contributed by atoms with Crippen molar-refractivity contribution in [3.8, 4) is 0 Å². The van der Waals surface area contributed by atoms with Gasteiger partial charge in [0.05, 0.1) is 10.6 Å². The maximum Gasteiger partial charge on any atom is 0.274 e. The minimum atomic E-state index is -0.384. The van der Waals surface area contributed by atoms with Crippen LogP contribution in [0.4, 0.5) is 17.1 Å². The van der Waals surface area contributed by atoms with Crippen molar-refractivity contribution in [3.63, 3.8) is 0 Å². The number of anilines is 2. The molecular formula is C18H21N3O2S. The van der Waals surface area contributed by atoms with Gasteiger partial charge < -0.3 is 10.6 Å². The fourth-order valence-corrected chi connectivity index (χ4v) is 2.78. The maximum atomic E-state index is 11.1. The van der Waals surface area contributed by atoms with E-state index in [2.05, 4.69) is 30.5 Å². The van der Waals surface area contributed by atoms with Gasteiger partial charge in [0.1, 0.15) is 0 Å². The van der Waals surface area contributed by atoms with E-state index in [1.807, 2.05) is 25.1 Å². The number of thiocarbonyl (C=S) groups is 1. The van der Waals surface area contributed by atoms with E-state index in [1.54, 1.807) is 13.0 Å². The smallest absolute Gasteiger partial charge is 0.274 e. The SMILES string of the molecule is Cc1cc(C)c([N+](=O)[O-])cc1NC(=S)Nc1ccccc1C(C)C. The Balaban J connectivity index is 2.22. The maximum absolute atomic E-state index is 11.1. The fourth-order valence-electron chi connectivity index (χ4n) is 2.56. The zero-order valence-electron chi connectivity index (χ0n) is 14.2. The molecule has 0 unspecified atom stereocenters. The topological polar surface area (TPSA) is 67.2 Å². The highest BCUT2D eigenvalue weighted by atomic mass is 32.1. The van der Waals surface area contributed by atoms with Crippen molar-refractivity contribution in [2.45, 2.75) is 33.6 Å². The number of nitrogens with zero attached hydrogens (tertiary/aromatic N) is 1. The summed E-state index contributed by atoms with van der Waals surface area (Å²) in [5, 5.41) is 17.8. The molecule has 126 valence electrons. The number of nitro groups is 1. The van der Waals surface area contributed by atoms with Crippen LogP contribution in [0.5, 0.6) is 0 Å². The van der Waals surface area contributed by atoms with Gasteiger partial charge in [-0.15, -0.1) is 0 Å². The van der Waals surface area contributed by atoms with Gasteiger partial charge in [0.15, 0.2) is 5.11 Å².